The first-order valence-corrected chi connectivity index (χ1v) is 10.4. The molecule has 0 bridgehead atoms. The van der Waals surface area contributed by atoms with Gasteiger partial charge in [-0.3, -0.25) is 9.59 Å². The largest absolute Gasteiger partial charge is 0.462 e. The molecule has 3 aromatic rings. The Morgan fingerprint density at radius 2 is 2.07 bits per heavy atom. The van der Waals surface area contributed by atoms with E-state index >= 15 is 4.39 Å². The standard InChI is InChI=1S/C21H22FN3O4S/c1-5-12-18(16-10-30-17(24-16)9-25(4)11(3)26)15(22)7-13-19(12)23-8-14(20(13)27)21(28)29-6-2/h7-8,10H,5-6,9H2,1-4H3,(H,23,27). The van der Waals surface area contributed by atoms with Crippen LogP contribution in [0.15, 0.2) is 22.4 Å². The Labute approximate surface area is 176 Å². The third-order valence-electron chi connectivity index (χ3n) is 4.80. The second kappa shape index (κ2) is 8.74. The van der Waals surface area contributed by atoms with Crippen molar-refractivity contribution in [3.8, 4) is 11.3 Å². The molecule has 0 aliphatic heterocycles. The van der Waals surface area contributed by atoms with Crippen molar-refractivity contribution in [2.45, 2.75) is 33.7 Å². The molecule has 3 rings (SSSR count). The molecule has 0 spiro atoms. The second-order valence-electron chi connectivity index (χ2n) is 6.74. The van der Waals surface area contributed by atoms with Crippen LogP contribution >= 0.6 is 11.3 Å². The Hall–Kier alpha value is -3.07. The summed E-state index contributed by atoms with van der Waals surface area (Å²) in [5, 5.41) is 2.50. The highest BCUT2D eigenvalue weighted by molar-refractivity contribution is 7.09. The van der Waals surface area contributed by atoms with Gasteiger partial charge in [-0.05, 0) is 25.0 Å². The molecule has 158 valence electrons. The number of aromatic nitrogens is 2. The number of nitrogens with one attached hydrogen (secondary N) is 1. The lowest BCUT2D eigenvalue weighted by Crippen LogP contribution is -2.22. The van der Waals surface area contributed by atoms with Gasteiger partial charge in [0.1, 0.15) is 16.4 Å². The molecular weight excluding hydrogens is 409 g/mol. The number of halogens is 1. The van der Waals surface area contributed by atoms with Crippen LogP contribution in [0, 0.1) is 5.82 Å². The fraction of sp³-hybridized carbons (Fsp3) is 0.333. The number of aromatic amines is 1. The van der Waals surface area contributed by atoms with Crippen molar-refractivity contribution < 1.29 is 18.7 Å². The van der Waals surface area contributed by atoms with Gasteiger partial charge >= 0.3 is 5.97 Å². The number of amides is 1. The summed E-state index contributed by atoms with van der Waals surface area (Å²) in [6.07, 6.45) is 1.75. The van der Waals surface area contributed by atoms with Gasteiger partial charge in [-0.15, -0.1) is 11.3 Å². The number of benzene rings is 1. The summed E-state index contributed by atoms with van der Waals surface area (Å²) in [4.78, 5) is 45.2. The predicted molar refractivity (Wildman–Crippen MR) is 113 cm³/mol. The molecule has 7 nitrogen and oxygen atoms in total. The molecular formula is C21H22FN3O4S. The average molecular weight is 431 g/mol. The van der Waals surface area contributed by atoms with Crippen molar-refractivity contribution in [1.82, 2.24) is 14.9 Å². The molecule has 2 heterocycles. The Balaban J connectivity index is 2.13. The number of hydrogen-bond acceptors (Lipinski definition) is 6. The molecule has 0 atom stereocenters. The van der Waals surface area contributed by atoms with Crippen molar-refractivity contribution in [1.29, 1.82) is 0 Å². The number of esters is 1. The van der Waals surface area contributed by atoms with Crippen molar-refractivity contribution in [3.05, 3.63) is 49.8 Å². The highest BCUT2D eigenvalue weighted by Gasteiger charge is 2.21. The van der Waals surface area contributed by atoms with E-state index in [0.717, 1.165) is 6.07 Å². The average Bonchev–Trinajstić information content (AvgIpc) is 3.15. The van der Waals surface area contributed by atoms with Crippen molar-refractivity contribution in [2.75, 3.05) is 13.7 Å². The number of aryl methyl sites for hydroxylation is 1. The summed E-state index contributed by atoms with van der Waals surface area (Å²) in [7, 11) is 1.67. The van der Waals surface area contributed by atoms with E-state index < -0.39 is 17.2 Å². The lowest BCUT2D eigenvalue weighted by Gasteiger charge is -2.13. The number of hydrogen-bond donors (Lipinski definition) is 1. The van der Waals surface area contributed by atoms with Crippen LogP contribution in [-0.2, 0) is 22.5 Å². The molecule has 30 heavy (non-hydrogen) atoms. The second-order valence-corrected chi connectivity index (χ2v) is 7.68. The van der Waals surface area contributed by atoms with Gasteiger partial charge in [0, 0.05) is 36.5 Å². The normalized spacial score (nSPS) is 11.0. The lowest BCUT2D eigenvalue weighted by atomic mass is 9.97. The summed E-state index contributed by atoms with van der Waals surface area (Å²) in [5.41, 5.74) is 1.05. The maximum absolute atomic E-state index is 15.1. The molecule has 0 aliphatic rings. The minimum Gasteiger partial charge on any atom is -0.462 e. The van der Waals surface area contributed by atoms with Crippen LogP contribution in [0.1, 0.15) is 41.7 Å². The molecule has 0 aliphatic carbocycles. The molecule has 1 aromatic carbocycles. The molecule has 0 saturated heterocycles. The lowest BCUT2D eigenvalue weighted by molar-refractivity contribution is -0.128. The predicted octanol–water partition coefficient (Wildman–Crippen LogP) is 3.51. The molecule has 1 amide bonds. The fourth-order valence-corrected chi connectivity index (χ4v) is 4.04. The first-order chi connectivity index (χ1) is 14.3. The molecule has 0 unspecified atom stereocenters. The Bertz CT molecular complexity index is 1180. The molecule has 0 fully saturated rings. The Morgan fingerprint density at radius 1 is 1.33 bits per heavy atom. The highest BCUT2D eigenvalue weighted by Crippen LogP contribution is 2.33. The molecule has 1 N–H and O–H groups in total. The van der Waals surface area contributed by atoms with Gasteiger partial charge in [0.15, 0.2) is 0 Å². The van der Waals surface area contributed by atoms with Crippen molar-refractivity contribution >= 4 is 34.1 Å². The van der Waals surface area contributed by atoms with Crippen LogP contribution in [0.2, 0.25) is 0 Å². The third-order valence-corrected chi connectivity index (χ3v) is 5.63. The summed E-state index contributed by atoms with van der Waals surface area (Å²) in [6.45, 7) is 5.43. The first kappa shape index (κ1) is 21.6. The van der Waals surface area contributed by atoms with Crippen LogP contribution in [0.3, 0.4) is 0 Å². The van der Waals surface area contributed by atoms with Gasteiger partial charge < -0.3 is 14.6 Å². The van der Waals surface area contributed by atoms with E-state index in [-0.39, 0.29) is 23.5 Å². The number of nitrogens with zero attached hydrogens (tertiary/aromatic N) is 2. The topological polar surface area (TPSA) is 92.4 Å². The van der Waals surface area contributed by atoms with Crippen molar-refractivity contribution in [3.63, 3.8) is 0 Å². The molecule has 0 saturated carbocycles. The number of thiazole rings is 1. The Kier molecular flexibility index (Phi) is 6.31. The van der Waals surface area contributed by atoms with Gasteiger partial charge in [0.2, 0.25) is 11.3 Å². The zero-order chi connectivity index (χ0) is 22.0. The first-order valence-electron chi connectivity index (χ1n) is 9.48. The van der Waals surface area contributed by atoms with E-state index in [0.29, 0.717) is 40.3 Å². The van der Waals surface area contributed by atoms with E-state index in [2.05, 4.69) is 9.97 Å². The molecule has 9 heteroatoms. The number of ether oxygens (including phenoxy) is 1. The summed E-state index contributed by atoms with van der Waals surface area (Å²) in [6, 6.07) is 1.13. The summed E-state index contributed by atoms with van der Waals surface area (Å²) < 4.78 is 20.0. The Morgan fingerprint density at radius 3 is 2.70 bits per heavy atom. The highest BCUT2D eigenvalue weighted by atomic mass is 32.1. The van der Waals surface area contributed by atoms with Crippen molar-refractivity contribution in [2.24, 2.45) is 0 Å². The monoisotopic (exact) mass is 431 g/mol. The van der Waals surface area contributed by atoms with Gasteiger partial charge in [-0.2, -0.15) is 0 Å². The van der Waals surface area contributed by atoms with E-state index in [1.165, 1.54) is 29.4 Å². The minimum absolute atomic E-state index is 0.0884. The van der Waals surface area contributed by atoms with Crippen LogP contribution in [0.5, 0.6) is 0 Å². The SMILES string of the molecule is CCOC(=O)c1c[nH]c2c(CC)c(-c3csc(CN(C)C(C)=O)n3)c(F)cc2c1=O. The number of carbonyl (C=O) groups excluding carboxylic acids is 2. The van der Waals surface area contributed by atoms with Crippen LogP contribution in [0.25, 0.3) is 22.2 Å². The smallest absolute Gasteiger partial charge is 0.343 e. The van der Waals surface area contributed by atoms with Gasteiger partial charge in [0.25, 0.3) is 0 Å². The van der Waals surface area contributed by atoms with E-state index in [9.17, 15) is 14.4 Å². The van der Waals surface area contributed by atoms with E-state index in [4.69, 9.17) is 4.74 Å². The molecule has 0 radical (unpaired) electrons. The minimum atomic E-state index is -0.748. The quantitative estimate of drug-likeness (QED) is 0.603. The van der Waals surface area contributed by atoms with Crippen LogP contribution < -0.4 is 5.43 Å². The zero-order valence-electron chi connectivity index (χ0n) is 17.2. The third kappa shape index (κ3) is 3.97. The number of pyridine rings is 1. The van der Waals surface area contributed by atoms with Gasteiger partial charge in [-0.1, -0.05) is 6.92 Å². The van der Waals surface area contributed by atoms with Gasteiger partial charge in [-0.25, -0.2) is 14.2 Å². The van der Waals surface area contributed by atoms with E-state index in [1.54, 1.807) is 19.4 Å². The van der Waals surface area contributed by atoms with Crippen LogP contribution in [-0.4, -0.2) is 40.4 Å². The zero-order valence-corrected chi connectivity index (χ0v) is 18.0. The molecule has 2 aromatic heterocycles. The van der Waals surface area contributed by atoms with Gasteiger partial charge in [0.05, 0.1) is 24.4 Å². The maximum atomic E-state index is 15.1. The number of rotatable bonds is 6. The number of carbonyl (C=O) groups is 2. The number of H-pyrrole nitrogens is 1. The number of fused-ring (bicyclic) bond motifs is 1. The fourth-order valence-electron chi connectivity index (χ4n) is 3.21. The maximum Gasteiger partial charge on any atom is 0.343 e. The van der Waals surface area contributed by atoms with E-state index in [1.807, 2.05) is 6.92 Å². The van der Waals surface area contributed by atoms with Crippen LogP contribution in [0.4, 0.5) is 4.39 Å². The summed E-state index contributed by atoms with van der Waals surface area (Å²) in [5.74, 6) is -1.43. The summed E-state index contributed by atoms with van der Waals surface area (Å²) >= 11 is 1.33.